The second kappa shape index (κ2) is 5.76. The Labute approximate surface area is 132 Å². The summed E-state index contributed by atoms with van der Waals surface area (Å²) in [4.78, 5) is 14.2. The quantitative estimate of drug-likeness (QED) is 0.868. The van der Waals surface area contributed by atoms with Crippen LogP contribution in [-0.2, 0) is 10.3 Å². The van der Waals surface area contributed by atoms with Crippen LogP contribution in [0, 0.1) is 6.92 Å². The molecule has 0 aliphatic carbocycles. The Morgan fingerprint density at radius 2 is 2.36 bits per heavy atom. The van der Waals surface area contributed by atoms with Crippen molar-refractivity contribution in [2.24, 2.45) is 0 Å². The first-order chi connectivity index (χ1) is 10.6. The topological polar surface area (TPSA) is 41.6 Å². The van der Waals surface area contributed by atoms with Gasteiger partial charge in [-0.05, 0) is 43.0 Å². The highest BCUT2D eigenvalue weighted by Gasteiger charge is 2.49. The molecule has 0 radical (unpaired) electrons. The molecule has 2 unspecified atom stereocenters. The van der Waals surface area contributed by atoms with Gasteiger partial charge in [-0.3, -0.25) is 4.79 Å². The van der Waals surface area contributed by atoms with Gasteiger partial charge in [-0.1, -0.05) is 12.1 Å². The molecule has 2 aliphatic rings. The molecule has 118 valence electrons. The van der Waals surface area contributed by atoms with Crippen molar-refractivity contribution in [1.29, 1.82) is 0 Å². The molecule has 3 rings (SSSR count). The lowest BCUT2D eigenvalue weighted by Crippen LogP contribution is -2.63. The number of fused-ring (bicyclic) bond motifs is 1. The molecule has 2 heterocycles. The minimum Gasteiger partial charge on any atom is -0.497 e. The molecule has 0 saturated carbocycles. The minimum atomic E-state index is -0.234. The summed E-state index contributed by atoms with van der Waals surface area (Å²) in [5.74, 6) is 1.15. The Morgan fingerprint density at radius 1 is 1.55 bits per heavy atom. The average Bonchev–Trinajstić information content (AvgIpc) is 2.90. The van der Waals surface area contributed by atoms with Crippen molar-refractivity contribution in [1.82, 2.24) is 10.2 Å². The second-order valence-corrected chi connectivity index (χ2v) is 6.21. The van der Waals surface area contributed by atoms with Crippen LogP contribution >= 0.6 is 0 Å². The predicted octanol–water partition coefficient (Wildman–Crippen LogP) is 2.37. The number of amides is 1. The van der Waals surface area contributed by atoms with Crippen LogP contribution in [0.25, 0.3) is 0 Å². The number of piperazine rings is 1. The van der Waals surface area contributed by atoms with E-state index in [4.69, 9.17) is 4.74 Å². The first-order valence-corrected chi connectivity index (χ1v) is 7.93. The summed E-state index contributed by atoms with van der Waals surface area (Å²) >= 11 is 0. The number of nitrogens with one attached hydrogen (secondary N) is 1. The lowest BCUT2D eigenvalue weighted by atomic mass is 9.75. The second-order valence-electron chi connectivity index (χ2n) is 6.21. The maximum absolute atomic E-state index is 12.2. The highest BCUT2D eigenvalue weighted by Crippen LogP contribution is 2.42. The van der Waals surface area contributed by atoms with E-state index in [1.165, 1.54) is 11.1 Å². The van der Waals surface area contributed by atoms with E-state index in [0.29, 0.717) is 6.42 Å². The summed E-state index contributed by atoms with van der Waals surface area (Å²) in [7, 11) is 1.68. The highest BCUT2D eigenvalue weighted by atomic mass is 16.5. The van der Waals surface area contributed by atoms with Gasteiger partial charge in [0.05, 0.1) is 18.7 Å². The van der Waals surface area contributed by atoms with Gasteiger partial charge < -0.3 is 15.0 Å². The van der Waals surface area contributed by atoms with Crippen LogP contribution in [0.3, 0.4) is 0 Å². The van der Waals surface area contributed by atoms with Crippen LogP contribution in [0.5, 0.6) is 5.75 Å². The standard InChI is InChI=1S/C18H24N2O2/c1-4-9-18(15-6-5-14(22-3)12-13(15)2)16-7-8-17(21)20(16)11-10-19-18/h4-6,12,16,19H,1,7-11H2,2-3H3. The van der Waals surface area contributed by atoms with Crippen molar-refractivity contribution in [3.8, 4) is 5.75 Å². The Balaban J connectivity index is 2.08. The molecule has 4 nitrogen and oxygen atoms in total. The summed E-state index contributed by atoms with van der Waals surface area (Å²) in [6.45, 7) is 7.69. The molecular weight excluding hydrogens is 276 g/mol. The third-order valence-electron chi connectivity index (χ3n) is 5.07. The number of rotatable bonds is 4. The van der Waals surface area contributed by atoms with Gasteiger partial charge in [0.15, 0.2) is 0 Å². The van der Waals surface area contributed by atoms with E-state index in [1.807, 2.05) is 12.1 Å². The third kappa shape index (κ3) is 2.22. The van der Waals surface area contributed by atoms with E-state index in [-0.39, 0.29) is 17.5 Å². The highest BCUT2D eigenvalue weighted by molar-refractivity contribution is 5.79. The molecule has 2 fully saturated rings. The van der Waals surface area contributed by atoms with Gasteiger partial charge in [0, 0.05) is 19.5 Å². The Morgan fingerprint density at radius 3 is 3.05 bits per heavy atom. The third-order valence-corrected chi connectivity index (χ3v) is 5.07. The number of ether oxygens (including phenoxy) is 1. The minimum absolute atomic E-state index is 0.207. The van der Waals surface area contributed by atoms with E-state index >= 15 is 0 Å². The maximum Gasteiger partial charge on any atom is 0.223 e. The molecule has 1 aromatic carbocycles. The monoisotopic (exact) mass is 300 g/mol. The van der Waals surface area contributed by atoms with E-state index < -0.39 is 0 Å². The normalized spacial score (nSPS) is 27.6. The molecule has 2 saturated heterocycles. The molecular formula is C18H24N2O2. The lowest BCUT2D eigenvalue weighted by Gasteiger charge is -2.48. The van der Waals surface area contributed by atoms with Crippen molar-refractivity contribution >= 4 is 5.91 Å². The molecule has 0 bridgehead atoms. The van der Waals surface area contributed by atoms with E-state index in [0.717, 1.165) is 31.7 Å². The van der Waals surface area contributed by atoms with Gasteiger partial charge in [0.25, 0.3) is 0 Å². The number of benzene rings is 1. The van der Waals surface area contributed by atoms with E-state index in [1.54, 1.807) is 7.11 Å². The zero-order chi connectivity index (χ0) is 15.7. The van der Waals surface area contributed by atoms with Crippen LogP contribution in [0.15, 0.2) is 30.9 Å². The molecule has 4 heteroatoms. The van der Waals surface area contributed by atoms with Gasteiger partial charge in [-0.25, -0.2) is 0 Å². The molecule has 1 N–H and O–H groups in total. The van der Waals surface area contributed by atoms with Crippen molar-refractivity contribution in [3.05, 3.63) is 42.0 Å². The fraction of sp³-hybridized carbons (Fsp3) is 0.500. The Bertz CT molecular complexity index is 599. The van der Waals surface area contributed by atoms with Crippen LogP contribution < -0.4 is 10.1 Å². The van der Waals surface area contributed by atoms with Crippen LogP contribution in [0.4, 0.5) is 0 Å². The predicted molar refractivity (Wildman–Crippen MR) is 87.0 cm³/mol. The summed E-state index contributed by atoms with van der Waals surface area (Å²) in [6, 6.07) is 6.41. The zero-order valence-corrected chi connectivity index (χ0v) is 13.4. The van der Waals surface area contributed by atoms with Crippen molar-refractivity contribution in [3.63, 3.8) is 0 Å². The van der Waals surface area contributed by atoms with Crippen molar-refractivity contribution in [2.45, 2.75) is 37.8 Å². The smallest absolute Gasteiger partial charge is 0.223 e. The van der Waals surface area contributed by atoms with Crippen LogP contribution in [0.2, 0.25) is 0 Å². The molecule has 0 spiro atoms. The summed E-state index contributed by atoms with van der Waals surface area (Å²) in [5, 5.41) is 3.71. The number of carbonyl (C=O) groups is 1. The van der Waals surface area contributed by atoms with Gasteiger partial charge >= 0.3 is 0 Å². The van der Waals surface area contributed by atoms with E-state index in [2.05, 4.69) is 35.9 Å². The fourth-order valence-corrected chi connectivity index (χ4v) is 4.13. The van der Waals surface area contributed by atoms with Crippen molar-refractivity contribution in [2.75, 3.05) is 20.2 Å². The first kappa shape index (κ1) is 15.1. The zero-order valence-electron chi connectivity index (χ0n) is 13.4. The molecule has 2 aliphatic heterocycles. The fourth-order valence-electron chi connectivity index (χ4n) is 4.13. The van der Waals surface area contributed by atoms with Crippen molar-refractivity contribution < 1.29 is 9.53 Å². The number of methoxy groups -OCH3 is 1. The van der Waals surface area contributed by atoms with Gasteiger partial charge in [0.1, 0.15) is 5.75 Å². The lowest BCUT2D eigenvalue weighted by molar-refractivity contribution is -0.131. The Hall–Kier alpha value is -1.81. The molecule has 1 amide bonds. The average molecular weight is 300 g/mol. The SMILES string of the molecule is C=CCC1(c2ccc(OC)cc2C)NCCN2C(=O)CCC21. The van der Waals surface area contributed by atoms with E-state index in [9.17, 15) is 4.79 Å². The molecule has 2 atom stereocenters. The largest absolute Gasteiger partial charge is 0.497 e. The molecule has 0 aromatic heterocycles. The number of nitrogens with zero attached hydrogens (tertiary/aromatic N) is 1. The van der Waals surface area contributed by atoms with Crippen LogP contribution in [-0.4, -0.2) is 37.0 Å². The molecule has 22 heavy (non-hydrogen) atoms. The first-order valence-electron chi connectivity index (χ1n) is 7.93. The Kier molecular flexibility index (Phi) is 3.96. The van der Waals surface area contributed by atoms with Gasteiger partial charge in [-0.2, -0.15) is 0 Å². The van der Waals surface area contributed by atoms with Crippen LogP contribution in [0.1, 0.15) is 30.4 Å². The summed E-state index contributed by atoms with van der Waals surface area (Å²) in [6.07, 6.45) is 4.34. The molecule has 1 aromatic rings. The van der Waals surface area contributed by atoms with Gasteiger partial charge in [0.2, 0.25) is 5.91 Å². The number of hydrogen-bond donors (Lipinski definition) is 1. The summed E-state index contributed by atoms with van der Waals surface area (Å²) < 4.78 is 5.33. The number of carbonyl (C=O) groups excluding carboxylic acids is 1. The van der Waals surface area contributed by atoms with Gasteiger partial charge in [-0.15, -0.1) is 6.58 Å². The summed E-state index contributed by atoms with van der Waals surface area (Å²) in [5.41, 5.74) is 2.20. The maximum atomic E-state index is 12.2. The number of hydrogen-bond acceptors (Lipinski definition) is 3. The number of aryl methyl sites for hydroxylation is 1.